The molecule has 0 aromatic carbocycles. The summed E-state index contributed by atoms with van der Waals surface area (Å²) < 4.78 is 12.6. The number of Topliss-reactive ketones (excluding diaryl/α,β-unsaturated/α-hetero) is 1. The van der Waals surface area contributed by atoms with Gasteiger partial charge in [-0.05, 0) is 61.3 Å². The highest BCUT2D eigenvalue weighted by Crippen LogP contribution is 2.77. The molecule has 5 nitrogen and oxygen atoms in total. The molecular weight excluding hydrogens is 472 g/mol. The standard InChI is InChI=1S/C30H46O5S/c1-25(2,3)24(33)36-18-22(32)30(35-9)15-14-27(5)21-11-10-19-16-20(31)12-13-26(19,4)29(21,7)23(34-8)17-28(27,30)6/h16,21,23H,10-15,17-18H2,1-9H3. The van der Waals surface area contributed by atoms with E-state index >= 15 is 0 Å². The predicted molar refractivity (Wildman–Crippen MR) is 144 cm³/mol. The van der Waals surface area contributed by atoms with Crippen molar-refractivity contribution in [3.8, 4) is 0 Å². The number of methoxy groups -OCH3 is 2. The Morgan fingerprint density at radius 3 is 2.31 bits per heavy atom. The van der Waals surface area contributed by atoms with E-state index in [1.807, 2.05) is 26.8 Å². The fourth-order valence-electron chi connectivity index (χ4n) is 9.14. The van der Waals surface area contributed by atoms with Crippen molar-refractivity contribution >= 4 is 28.4 Å². The molecule has 3 fully saturated rings. The number of carbonyl (C=O) groups excluding carboxylic acids is 3. The first kappa shape index (κ1) is 28.0. The Hall–Kier alpha value is -0.980. The largest absolute Gasteiger partial charge is 0.381 e. The van der Waals surface area contributed by atoms with Crippen LogP contribution in [0.25, 0.3) is 0 Å². The number of carbonyl (C=O) groups is 3. The molecule has 0 aliphatic heterocycles. The van der Waals surface area contributed by atoms with Crippen molar-refractivity contribution in [1.29, 1.82) is 0 Å². The maximum atomic E-state index is 14.0. The van der Waals surface area contributed by atoms with E-state index in [-0.39, 0.29) is 44.8 Å². The van der Waals surface area contributed by atoms with E-state index < -0.39 is 16.4 Å². The van der Waals surface area contributed by atoms with Crippen molar-refractivity contribution in [1.82, 2.24) is 0 Å². The van der Waals surface area contributed by atoms with Gasteiger partial charge in [0, 0.05) is 36.9 Å². The maximum absolute atomic E-state index is 14.0. The average Bonchev–Trinajstić information content (AvgIpc) is 3.05. The lowest BCUT2D eigenvalue weighted by atomic mass is 9.35. The van der Waals surface area contributed by atoms with Crippen molar-refractivity contribution in [2.75, 3.05) is 20.0 Å². The van der Waals surface area contributed by atoms with E-state index in [9.17, 15) is 14.4 Å². The Morgan fingerprint density at radius 1 is 1.06 bits per heavy atom. The monoisotopic (exact) mass is 518 g/mol. The topological polar surface area (TPSA) is 69.7 Å². The van der Waals surface area contributed by atoms with Crippen LogP contribution in [0.5, 0.6) is 0 Å². The van der Waals surface area contributed by atoms with Gasteiger partial charge < -0.3 is 9.47 Å². The highest BCUT2D eigenvalue weighted by Gasteiger charge is 2.77. The molecule has 7 unspecified atom stereocenters. The van der Waals surface area contributed by atoms with E-state index in [0.29, 0.717) is 18.8 Å². The number of ketones is 2. The molecule has 0 aromatic rings. The molecule has 0 bridgehead atoms. The maximum Gasteiger partial charge on any atom is 0.194 e. The molecule has 0 amide bonds. The minimum Gasteiger partial charge on any atom is -0.381 e. The molecule has 0 radical (unpaired) electrons. The predicted octanol–water partition coefficient (Wildman–Crippen LogP) is 6.18. The zero-order valence-corrected chi connectivity index (χ0v) is 24.7. The smallest absolute Gasteiger partial charge is 0.194 e. The zero-order valence-electron chi connectivity index (χ0n) is 23.8. The van der Waals surface area contributed by atoms with Crippen molar-refractivity contribution in [3.05, 3.63) is 11.6 Å². The van der Waals surface area contributed by atoms with Crippen LogP contribution in [0.4, 0.5) is 0 Å². The lowest BCUT2D eigenvalue weighted by Gasteiger charge is -2.70. The molecule has 0 heterocycles. The van der Waals surface area contributed by atoms with Crippen LogP contribution in [0.3, 0.4) is 0 Å². The first-order chi connectivity index (χ1) is 16.6. The number of thioether (sulfide) groups is 1. The summed E-state index contributed by atoms with van der Waals surface area (Å²) in [6, 6.07) is 0. The Labute approximate surface area is 221 Å². The lowest BCUT2D eigenvalue weighted by Crippen LogP contribution is -2.70. The van der Waals surface area contributed by atoms with Gasteiger partial charge in [0.15, 0.2) is 16.7 Å². The summed E-state index contributed by atoms with van der Waals surface area (Å²) in [6.45, 7) is 15.1. The third-order valence-corrected chi connectivity index (χ3v) is 13.0. The van der Waals surface area contributed by atoms with Gasteiger partial charge in [0.25, 0.3) is 0 Å². The van der Waals surface area contributed by atoms with Crippen LogP contribution in [0.2, 0.25) is 0 Å². The van der Waals surface area contributed by atoms with Crippen molar-refractivity contribution in [2.24, 2.45) is 33.0 Å². The molecule has 7 atom stereocenters. The van der Waals surface area contributed by atoms with E-state index in [0.717, 1.165) is 43.9 Å². The van der Waals surface area contributed by atoms with Gasteiger partial charge in [-0.25, -0.2) is 0 Å². The number of hydrogen-bond donors (Lipinski definition) is 0. The summed E-state index contributed by atoms with van der Waals surface area (Å²) in [5, 5.41) is 0.0327. The van der Waals surface area contributed by atoms with E-state index in [1.54, 1.807) is 14.2 Å². The molecule has 36 heavy (non-hydrogen) atoms. The van der Waals surface area contributed by atoms with Crippen LogP contribution in [0, 0.1) is 33.0 Å². The van der Waals surface area contributed by atoms with Gasteiger partial charge in [-0.15, -0.1) is 0 Å². The van der Waals surface area contributed by atoms with E-state index in [2.05, 4.69) is 27.7 Å². The van der Waals surface area contributed by atoms with Crippen LogP contribution in [-0.4, -0.2) is 48.4 Å². The number of hydrogen-bond acceptors (Lipinski definition) is 6. The summed E-state index contributed by atoms with van der Waals surface area (Å²) in [7, 11) is 3.48. The van der Waals surface area contributed by atoms with E-state index in [1.165, 1.54) is 5.57 Å². The third kappa shape index (κ3) is 3.45. The molecule has 4 aliphatic carbocycles. The van der Waals surface area contributed by atoms with Crippen molar-refractivity contribution < 1.29 is 23.9 Å². The van der Waals surface area contributed by atoms with Gasteiger partial charge in [0.05, 0.1) is 11.9 Å². The van der Waals surface area contributed by atoms with Crippen LogP contribution in [0.1, 0.15) is 93.4 Å². The van der Waals surface area contributed by atoms with Gasteiger partial charge >= 0.3 is 0 Å². The second-order valence-electron chi connectivity index (χ2n) is 13.8. The van der Waals surface area contributed by atoms with Crippen LogP contribution in [-0.2, 0) is 23.9 Å². The second kappa shape index (κ2) is 8.77. The van der Waals surface area contributed by atoms with Gasteiger partial charge in [-0.1, -0.05) is 65.8 Å². The van der Waals surface area contributed by atoms with Gasteiger partial charge in [-0.2, -0.15) is 0 Å². The Balaban J connectivity index is 1.76. The van der Waals surface area contributed by atoms with Gasteiger partial charge in [0.2, 0.25) is 0 Å². The summed E-state index contributed by atoms with van der Waals surface area (Å²) in [6.07, 6.45) is 7.52. The van der Waals surface area contributed by atoms with Gasteiger partial charge in [-0.3, -0.25) is 14.4 Å². The molecule has 4 rings (SSSR count). The Bertz CT molecular complexity index is 996. The van der Waals surface area contributed by atoms with Crippen LogP contribution < -0.4 is 0 Å². The minimum absolute atomic E-state index is 0.0307. The summed E-state index contributed by atoms with van der Waals surface area (Å²) in [5.74, 6) is 0.750. The molecule has 6 heteroatoms. The highest BCUT2D eigenvalue weighted by molar-refractivity contribution is 8.14. The quantitative estimate of drug-likeness (QED) is 0.433. The second-order valence-corrected chi connectivity index (χ2v) is 14.7. The van der Waals surface area contributed by atoms with Crippen molar-refractivity contribution in [2.45, 2.75) is 105 Å². The highest BCUT2D eigenvalue weighted by atomic mass is 32.2. The third-order valence-electron chi connectivity index (χ3n) is 11.7. The number of ether oxygens (including phenoxy) is 2. The average molecular weight is 519 g/mol. The number of allylic oxidation sites excluding steroid dienone is 1. The summed E-state index contributed by atoms with van der Waals surface area (Å²) in [4.78, 5) is 39.0. The normalized spacial score (nSPS) is 44.4. The molecule has 0 aromatic heterocycles. The van der Waals surface area contributed by atoms with Gasteiger partial charge in [0.1, 0.15) is 5.60 Å². The summed E-state index contributed by atoms with van der Waals surface area (Å²) >= 11 is 1.13. The fraction of sp³-hybridized carbons (Fsp3) is 0.833. The molecule has 0 saturated heterocycles. The number of rotatable bonds is 5. The summed E-state index contributed by atoms with van der Waals surface area (Å²) in [5.41, 5.74) is -0.948. The zero-order chi connectivity index (χ0) is 26.9. The Morgan fingerprint density at radius 2 is 1.72 bits per heavy atom. The first-order valence-corrected chi connectivity index (χ1v) is 14.6. The SMILES string of the molecule is COC1CC2(C)C(OC)(C(=O)CSC(=O)C(C)(C)C)CCC2(C)C2CCC3=CC(=O)CCC3(C)C12C. The van der Waals surface area contributed by atoms with Crippen LogP contribution in [0.15, 0.2) is 11.6 Å². The molecule has 202 valence electrons. The fourth-order valence-corrected chi connectivity index (χ4v) is 10.1. The first-order valence-electron chi connectivity index (χ1n) is 13.6. The molecule has 0 spiro atoms. The van der Waals surface area contributed by atoms with E-state index in [4.69, 9.17) is 9.47 Å². The molecular formula is C30H46O5S. The number of fused-ring (bicyclic) bond motifs is 5. The Kier molecular flexibility index (Phi) is 6.83. The van der Waals surface area contributed by atoms with Crippen molar-refractivity contribution in [3.63, 3.8) is 0 Å². The molecule has 0 N–H and O–H groups in total. The molecule has 3 saturated carbocycles. The minimum atomic E-state index is -0.940. The lowest BCUT2D eigenvalue weighted by molar-refractivity contribution is -0.252. The molecule has 4 aliphatic rings. The van der Waals surface area contributed by atoms with Crippen LogP contribution >= 0.6 is 11.8 Å².